The van der Waals surface area contributed by atoms with Crippen LogP contribution in [0.1, 0.15) is 62.4 Å². The van der Waals surface area contributed by atoms with Crippen LogP contribution in [0.2, 0.25) is 0 Å². The molecule has 2 heterocycles. The number of hydrogen-bond acceptors (Lipinski definition) is 5. The minimum atomic E-state index is -0.511. The maximum atomic E-state index is 12.5. The maximum absolute atomic E-state index is 12.5. The Morgan fingerprint density at radius 2 is 2.05 bits per heavy atom. The summed E-state index contributed by atoms with van der Waals surface area (Å²) in [4.78, 5) is 21.1. The molecule has 0 radical (unpaired) electrons. The molecular weight excluding hydrogens is 298 g/mol. The molecule has 0 bridgehead atoms. The summed E-state index contributed by atoms with van der Waals surface area (Å²) >= 11 is 1.56. The van der Waals surface area contributed by atoms with Crippen LogP contribution in [0.4, 0.5) is 0 Å². The van der Waals surface area contributed by atoms with Gasteiger partial charge in [0.1, 0.15) is 11.3 Å². The van der Waals surface area contributed by atoms with Crippen molar-refractivity contribution < 1.29 is 4.79 Å². The van der Waals surface area contributed by atoms with E-state index in [9.17, 15) is 4.79 Å². The second-order valence-electron chi connectivity index (χ2n) is 6.62. The van der Waals surface area contributed by atoms with Crippen molar-refractivity contribution in [2.24, 2.45) is 0 Å². The molecule has 120 valence electrons. The second-order valence-corrected chi connectivity index (χ2v) is 7.48. The summed E-state index contributed by atoms with van der Waals surface area (Å²) in [7, 11) is 0. The fourth-order valence-corrected chi connectivity index (χ4v) is 2.88. The van der Waals surface area contributed by atoms with Gasteiger partial charge in [0.15, 0.2) is 0 Å². The van der Waals surface area contributed by atoms with Gasteiger partial charge < -0.3 is 5.32 Å². The lowest BCUT2D eigenvalue weighted by Gasteiger charge is -2.26. The van der Waals surface area contributed by atoms with Gasteiger partial charge in [-0.2, -0.15) is 0 Å². The monoisotopic (exact) mass is 321 g/mol. The number of amides is 1. The molecule has 7 heteroatoms. The van der Waals surface area contributed by atoms with E-state index in [0.29, 0.717) is 0 Å². The molecule has 6 nitrogen and oxygen atoms in total. The molecule has 2 aromatic rings. The predicted molar refractivity (Wildman–Crippen MR) is 87.0 cm³/mol. The highest BCUT2D eigenvalue weighted by molar-refractivity contribution is 7.09. The van der Waals surface area contributed by atoms with E-state index in [1.807, 2.05) is 46.9 Å². The van der Waals surface area contributed by atoms with Crippen LogP contribution in [-0.2, 0) is 11.1 Å². The lowest BCUT2D eigenvalue weighted by Crippen LogP contribution is -2.43. The zero-order chi connectivity index (χ0) is 16.5. The van der Waals surface area contributed by atoms with Gasteiger partial charge in [0.25, 0.3) is 5.91 Å². The summed E-state index contributed by atoms with van der Waals surface area (Å²) in [6.07, 6.45) is 2.33. The maximum Gasteiger partial charge on any atom is 0.291 e. The number of aryl methyl sites for hydroxylation is 1. The van der Waals surface area contributed by atoms with E-state index in [0.717, 1.165) is 17.1 Å². The van der Waals surface area contributed by atoms with Gasteiger partial charge in [-0.05, 0) is 41.0 Å². The van der Waals surface area contributed by atoms with Crippen LogP contribution in [0.3, 0.4) is 0 Å². The molecule has 0 aliphatic heterocycles. The average molecular weight is 321 g/mol. The molecule has 2 rings (SSSR count). The van der Waals surface area contributed by atoms with Crippen molar-refractivity contribution in [3.63, 3.8) is 0 Å². The van der Waals surface area contributed by atoms with Gasteiger partial charge in [0.2, 0.25) is 5.82 Å². The van der Waals surface area contributed by atoms with Crippen molar-refractivity contribution in [3.05, 3.63) is 28.2 Å². The zero-order valence-corrected chi connectivity index (χ0v) is 14.8. The van der Waals surface area contributed by atoms with Gasteiger partial charge in [-0.1, -0.05) is 6.92 Å². The van der Waals surface area contributed by atoms with Crippen LogP contribution in [-0.4, -0.2) is 25.7 Å². The third-order valence-corrected chi connectivity index (χ3v) is 4.79. The Labute approximate surface area is 135 Å². The molecule has 0 aliphatic carbocycles. The third kappa shape index (κ3) is 3.35. The number of nitrogens with one attached hydrogen (secondary N) is 1. The van der Waals surface area contributed by atoms with Crippen LogP contribution in [0.5, 0.6) is 0 Å². The summed E-state index contributed by atoms with van der Waals surface area (Å²) in [5, 5.41) is 10.2. The molecule has 1 N–H and O–H groups in total. The Morgan fingerprint density at radius 1 is 1.36 bits per heavy atom. The molecular formula is C15H23N5OS. The van der Waals surface area contributed by atoms with E-state index < -0.39 is 5.54 Å². The first-order valence-electron chi connectivity index (χ1n) is 7.33. The average Bonchev–Trinajstić information content (AvgIpc) is 3.06. The van der Waals surface area contributed by atoms with Crippen molar-refractivity contribution in [2.45, 2.75) is 59.0 Å². The molecule has 22 heavy (non-hydrogen) atoms. The second kappa shape index (κ2) is 5.79. The van der Waals surface area contributed by atoms with Crippen LogP contribution in [0.25, 0.3) is 0 Å². The number of carbonyl (C=O) groups excluding carboxylic acids is 1. The third-order valence-electron chi connectivity index (χ3n) is 3.57. The largest absolute Gasteiger partial charge is 0.338 e. The molecule has 0 saturated heterocycles. The van der Waals surface area contributed by atoms with Crippen LogP contribution < -0.4 is 5.32 Å². The van der Waals surface area contributed by atoms with Crippen LogP contribution >= 0.6 is 11.3 Å². The minimum absolute atomic E-state index is 0.183. The Bertz CT molecular complexity index is 670. The number of nitrogens with zero attached hydrogens (tertiary/aromatic N) is 4. The number of hydrogen-bond donors (Lipinski definition) is 1. The SMILES string of the molecule is CC[C@](C)(NC(=O)c1ncn(C(C)(C)C)n1)c1nc(C)cs1. The van der Waals surface area contributed by atoms with Gasteiger partial charge in [0.05, 0.1) is 11.1 Å². The lowest BCUT2D eigenvalue weighted by atomic mass is 10.00. The van der Waals surface area contributed by atoms with Crippen molar-refractivity contribution in [1.29, 1.82) is 0 Å². The molecule has 1 amide bonds. The van der Waals surface area contributed by atoms with E-state index in [1.165, 1.54) is 0 Å². The quantitative estimate of drug-likeness (QED) is 0.940. The highest BCUT2D eigenvalue weighted by Crippen LogP contribution is 2.27. The summed E-state index contributed by atoms with van der Waals surface area (Å²) in [5.41, 5.74) is 0.249. The van der Waals surface area contributed by atoms with E-state index in [1.54, 1.807) is 22.3 Å². The van der Waals surface area contributed by atoms with Crippen molar-refractivity contribution >= 4 is 17.2 Å². The number of carbonyl (C=O) groups is 1. The summed E-state index contributed by atoms with van der Waals surface area (Å²) in [6.45, 7) is 12.0. The number of thiazole rings is 1. The fraction of sp³-hybridized carbons (Fsp3) is 0.600. The van der Waals surface area contributed by atoms with Gasteiger partial charge >= 0.3 is 0 Å². The molecule has 0 aromatic carbocycles. The normalized spacial score (nSPS) is 14.6. The van der Waals surface area contributed by atoms with Crippen LogP contribution in [0, 0.1) is 6.92 Å². The Hall–Kier alpha value is -1.76. The Balaban J connectivity index is 2.21. The molecule has 0 fully saturated rings. The van der Waals surface area contributed by atoms with Gasteiger partial charge in [-0.3, -0.25) is 4.79 Å². The van der Waals surface area contributed by atoms with Crippen molar-refractivity contribution in [1.82, 2.24) is 25.1 Å². The Morgan fingerprint density at radius 3 is 2.50 bits per heavy atom. The summed E-state index contributed by atoms with van der Waals surface area (Å²) in [6, 6.07) is 0. The van der Waals surface area contributed by atoms with Crippen molar-refractivity contribution in [2.75, 3.05) is 0 Å². The molecule has 2 aromatic heterocycles. The number of aromatic nitrogens is 4. The molecule has 0 unspecified atom stereocenters. The molecule has 1 atom stereocenters. The smallest absolute Gasteiger partial charge is 0.291 e. The van der Waals surface area contributed by atoms with Gasteiger partial charge in [0, 0.05) is 11.1 Å². The van der Waals surface area contributed by atoms with E-state index in [-0.39, 0.29) is 17.3 Å². The molecule has 0 aliphatic rings. The van der Waals surface area contributed by atoms with E-state index in [2.05, 4.69) is 20.4 Å². The zero-order valence-electron chi connectivity index (χ0n) is 14.0. The minimum Gasteiger partial charge on any atom is -0.338 e. The standard InChI is InChI=1S/C15H23N5OS/c1-7-15(6,13-17-10(2)8-22-13)18-12(21)11-16-9-20(19-11)14(3,4)5/h8-9H,7H2,1-6H3,(H,18,21)/t15-/m0/s1. The van der Waals surface area contributed by atoms with Crippen molar-refractivity contribution in [3.8, 4) is 0 Å². The van der Waals surface area contributed by atoms with Gasteiger partial charge in [-0.25, -0.2) is 14.6 Å². The molecule has 0 spiro atoms. The highest BCUT2D eigenvalue weighted by Gasteiger charge is 2.31. The first-order valence-corrected chi connectivity index (χ1v) is 8.21. The summed E-state index contributed by atoms with van der Waals surface area (Å²) in [5.74, 6) is -0.0944. The van der Waals surface area contributed by atoms with Gasteiger partial charge in [-0.15, -0.1) is 16.4 Å². The topological polar surface area (TPSA) is 72.7 Å². The van der Waals surface area contributed by atoms with E-state index >= 15 is 0 Å². The number of rotatable bonds is 4. The highest BCUT2D eigenvalue weighted by atomic mass is 32.1. The Kier molecular flexibility index (Phi) is 4.37. The van der Waals surface area contributed by atoms with Crippen LogP contribution in [0.15, 0.2) is 11.7 Å². The molecule has 0 saturated carbocycles. The van der Waals surface area contributed by atoms with E-state index in [4.69, 9.17) is 0 Å². The predicted octanol–water partition coefficient (Wildman–Crippen LogP) is 2.85. The lowest BCUT2D eigenvalue weighted by molar-refractivity contribution is 0.0890. The summed E-state index contributed by atoms with van der Waals surface area (Å²) < 4.78 is 1.69. The first-order chi connectivity index (χ1) is 10.2. The fourth-order valence-electron chi connectivity index (χ4n) is 1.90. The first kappa shape index (κ1) is 16.6.